The number of anilines is 3. The average molecular weight is 516 g/mol. The Kier molecular flexibility index (Phi) is 5.84. The van der Waals surface area contributed by atoms with E-state index in [9.17, 15) is 19.2 Å². The molecule has 192 valence electrons. The van der Waals surface area contributed by atoms with E-state index in [1.54, 1.807) is 61.7 Å². The molecule has 7 nitrogen and oxygen atoms in total. The zero-order valence-electron chi connectivity index (χ0n) is 21.5. The zero-order chi connectivity index (χ0) is 27.3. The van der Waals surface area contributed by atoms with Gasteiger partial charge in [-0.05, 0) is 48.7 Å². The highest BCUT2D eigenvalue weighted by atomic mass is 16.2. The standard InChI is InChI=1S/C32H25N3O4/c1-18(36)33-20-11-8-12-21(17-20)34-24-15-16-25-28-26(22-13-6-7-14-23(22)31(38)27(24)28)29(32(39)35(25)2)30(37)19-9-4-3-5-10-19/h4,6-17,34H,3,5H2,1-2H3,(H,33,36). The molecule has 0 saturated carbocycles. The second-order valence-electron chi connectivity index (χ2n) is 9.73. The van der Waals surface area contributed by atoms with E-state index in [4.69, 9.17) is 0 Å². The average Bonchev–Trinajstić information content (AvgIpc) is 2.94. The summed E-state index contributed by atoms with van der Waals surface area (Å²) in [5.41, 5.74) is 4.42. The van der Waals surface area contributed by atoms with Gasteiger partial charge >= 0.3 is 0 Å². The molecule has 0 radical (unpaired) electrons. The van der Waals surface area contributed by atoms with Crippen LogP contribution in [0.4, 0.5) is 17.1 Å². The number of carbonyl (C=O) groups excluding carboxylic acids is 3. The molecule has 0 unspecified atom stereocenters. The maximum absolute atomic E-state index is 14.0. The second kappa shape index (κ2) is 9.36. The molecule has 0 atom stereocenters. The number of ketones is 2. The van der Waals surface area contributed by atoms with Gasteiger partial charge in [0.1, 0.15) is 0 Å². The highest BCUT2D eigenvalue weighted by Crippen LogP contribution is 2.44. The molecule has 6 rings (SSSR count). The van der Waals surface area contributed by atoms with Gasteiger partial charge < -0.3 is 15.2 Å². The molecular weight excluding hydrogens is 490 g/mol. The monoisotopic (exact) mass is 515 g/mol. The lowest BCUT2D eigenvalue weighted by molar-refractivity contribution is -0.114. The van der Waals surface area contributed by atoms with Gasteiger partial charge in [0.25, 0.3) is 5.56 Å². The molecule has 2 aliphatic rings. The summed E-state index contributed by atoms with van der Waals surface area (Å²) in [7, 11) is 1.63. The topological polar surface area (TPSA) is 97.3 Å². The first kappa shape index (κ1) is 24.3. The van der Waals surface area contributed by atoms with Gasteiger partial charge in [-0.1, -0.05) is 48.6 Å². The van der Waals surface area contributed by atoms with E-state index >= 15 is 0 Å². The second-order valence-corrected chi connectivity index (χ2v) is 9.73. The van der Waals surface area contributed by atoms with Crippen LogP contribution >= 0.6 is 0 Å². The van der Waals surface area contributed by atoms with Crippen LogP contribution in [0, 0.1) is 0 Å². The molecule has 0 aliphatic heterocycles. The van der Waals surface area contributed by atoms with Crippen molar-refractivity contribution in [3.8, 4) is 11.1 Å². The summed E-state index contributed by atoms with van der Waals surface area (Å²) in [4.78, 5) is 53.1. The Morgan fingerprint density at radius 3 is 2.38 bits per heavy atom. The number of amides is 1. The molecule has 0 bridgehead atoms. The number of fused-ring (bicyclic) bond motifs is 2. The van der Waals surface area contributed by atoms with E-state index in [2.05, 4.69) is 10.6 Å². The van der Waals surface area contributed by atoms with Crippen molar-refractivity contribution in [2.75, 3.05) is 10.6 Å². The molecule has 0 saturated heterocycles. The van der Waals surface area contributed by atoms with E-state index in [-0.39, 0.29) is 23.0 Å². The lowest BCUT2D eigenvalue weighted by Gasteiger charge is -2.26. The lowest BCUT2D eigenvalue weighted by atomic mass is 9.79. The molecule has 3 aromatic carbocycles. The number of rotatable bonds is 5. The quantitative estimate of drug-likeness (QED) is 0.284. The van der Waals surface area contributed by atoms with Crippen LogP contribution in [0.25, 0.3) is 22.0 Å². The summed E-state index contributed by atoms with van der Waals surface area (Å²) in [6.45, 7) is 1.44. The van der Waals surface area contributed by atoms with E-state index in [1.165, 1.54) is 11.5 Å². The van der Waals surface area contributed by atoms with Crippen LogP contribution in [-0.4, -0.2) is 22.0 Å². The Labute approximate surface area is 224 Å². The molecule has 1 amide bonds. The molecule has 1 heterocycles. The third kappa shape index (κ3) is 3.99. The Balaban J connectivity index is 1.64. The third-order valence-corrected chi connectivity index (χ3v) is 7.18. The maximum Gasteiger partial charge on any atom is 0.262 e. The van der Waals surface area contributed by atoms with Gasteiger partial charge in [-0.3, -0.25) is 19.2 Å². The van der Waals surface area contributed by atoms with Crippen molar-refractivity contribution in [2.24, 2.45) is 7.05 Å². The molecule has 39 heavy (non-hydrogen) atoms. The maximum atomic E-state index is 14.0. The number of pyridine rings is 1. The molecule has 2 N–H and O–H groups in total. The molecule has 2 aliphatic carbocycles. The van der Waals surface area contributed by atoms with Crippen LogP contribution in [0.3, 0.4) is 0 Å². The van der Waals surface area contributed by atoms with Crippen molar-refractivity contribution >= 4 is 45.4 Å². The first-order chi connectivity index (χ1) is 18.8. The number of aromatic nitrogens is 1. The highest BCUT2D eigenvalue weighted by molar-refractivity contribution is 6.31. The number of nitrogens with one attached hydrogen (secondary N) is 2. The minimum Gasteiger partial charge on any atom is -0.355 e. The predicted octanol–water partition coefficient (Wildman–Crippen LogP) is 5.91. The number of benzene rings is 3. The van der Waals surface area contributed by atoms with Crippen LogP contribution < -0.4 is 16.2 Å². The van der Waals surface area contributed by atoms with Gasteiger partial charge in [0.2, 0.25) is 5.91 Å². The van der Waals surface area contributed by atoms with Crippen LogP contribution in [-0.2, 0) is 11.8 Å². The van der Waals surface area contributed by atoms with E-state index in [0.29, 0.717) is 55.8 Å². The Morgan fingerprint density at radius 2 is 1.64 bits per heavy atom. The van der Waals surface area contributed by atoms with Crippen LogP contribution in [0.2, 0.25) is 0 Å². The van der Waals surface area contributed by atoms with Gasteiger partial charge in [-0.25, -0.2) is 0 Å². The smallest absolute Gasteiger partial charge is 0.262 e. The van der Waals surface area contributed by atoms with E-state index in [1.807, 2.05) is 24.3 Å². The fraction of sp³-hybridized carbons (Fsp3) is 0.125. The number of hydrogen-bond donors (Lipinski definition) is 2. The molecule has 7 heteroatoms. The summed E-state index contributed by atoms with van der Waals surface area (Å²) in [6.07, 6.45) is 7.14. The molecule has 0 spiro atoms. The highest BCUT2D eigenvalue weighted by Gasteiger charge is 2.34. The SMILES string of the molecule is CC(=O)Nc1cccc(Nc2ccc3c4c2C(=O)c2ccccc2-c4c(C(=O)C2=CCCC=C2)c(=O)n3C)c1. The minimum atomic E-state index is -0.402. The summed E-state index contributed by atoms with van der Waals surface area (Å²) >= 11 is 0. The van der Waals surface area contributed by atoms with Gasteiger partial charge in [-0.2, -0.15) is 0 Å². The van der Waals surface area contributed by atoms with Gasteiger partial charge in [0.05, 0.1) is 22.3 Å². The van der Waals surface area contributed by atoms with Crippen LogP contribution in [0.15, 0.2) is 89.3 Å². The number of hydrogen-bond acceptors (Lipinski definition) is 5. The summed E-state index contributed by atoms with van der Waals surface area (Å²) < 4.78 is 1.45. The van der Waals surface area contributed by atoms with Crippen molar-refractivity contribution in [1.82, 2.24) is 4.57 Å². The first-order valence-electron chi connectivity index (χ1n) is 12.7. The fourth-order valence-corrected chi connectivity index (χ4v) is 5.45. The molecular formula is C32H25N3O4. The van der Waals surface area contributed by atoms with Gasteiger partial charge in [-0.15, -0.1) is 0 Å². The van der Waals surface area contributed by atoms with Gasteiger partial charge in [0, 0.05) is 47.4 Å². The first-order valence-corrected chi connectivity index (χ1v) is 12.7. The van der Waals surface area contributed by atoms with Crippen molar-refractivity contribution < 1.29 is 14.4 Å². The van der Waals surface area contributed by atoms with Crippen molar-refractivity contribution in [1.29, 1.82) is 0 Å². The van der Waals surface area contributed by atoms with Gasteiger partial charge in [0.15, 0.2) is 11.6 Å². The van der Waals surface area contributed by atoms with Crippen molar-refractivity contribution in [3.05, 3.63) is 112 Å². The van der Waals surface area contributed by atoms with E-state index in [0.717, 1.165) is 12.8 Å². The summed E-state index contributed by atoms with van der Waals surface area (Å²) in [6, 6.07) is 17.9. The van der Waals surface area contributed by atoms with E-state index < -0.39 is 5.56 Å². The number of Topliss-reactive ketones (excluding diaryl/α,β-unsaturated/α-hetero) is 1. The molecule has 4 aromatic rings. The Hall–Kier alpha value is -5.04. The minimum absolute atomic E-state index is 0.0637. The lowest BCUT2D eigenvalue weighted by Crippen LogP contribution is -2.29. The zero-order valence-corrected chi connectivity index (χ0v) is 21.5. The van der Waals surface area contributed by atoms with Crippen LogP contribution in [0.1, 0.15) is 46.0 Å². The van der Waals surface area contributed by atoms with Crippen molar-refractivity contribution in [3.63, 3.8) is 0 Å². The van der Waals surface area contributed by atoms with Crippen molar-refractivity contribution in [2.45, 2.75) is 19.8 Å². The number of allylic oxidation sites excluding steroid dienone is 4. The number of aryl methyl sites for hydroxylation is 1. The molecule has 0 fully saturated rings. The number of nitrogens with zero attached hydrogens (tertiary/aromatic N) is 1. The van der Waals surface area contributed by atoms with Crippen LogP contribution in [0.5, 0.6) is 0 Å². The normalized spacial score (nSPS) is 13.6. The number of carbonyl (C=O) groups is 3. The third-order valence-electron chi connectivity index (χ3n) is 7.18. The Morgan fingerprint density at radius 1 is 0.872 bits per heavy atom. The Bertz CT molecular complexity index is 1860. The summed E-state index contributed by atoms with van der Waals surface area (Å²) in [5, 5.41) is 6.66. The fourth-order valence-electron chi connectivity index (χ4n) is 5.45. The summed E-state index contributed by atoms with van der Waals surface area (Å²) in [5.74, 6) is -0.733. The largest absolute Gasteiger partial charge is 0.355 e. The molecule has 1 aromatic heterocycles. The predicted molar refractivity (Wildman–Crippen MR) is 153 cm³/mol.